The number of rotatable bonds is 2. The Labute approximate surface area is 128 Å². The molecule has 6 heteroatoms. The zero-order valence-electron chi connectivity index (χ0n) is 12.3. The van der Waals surface area contributed by atoms with Crippen LogP contribution in [0.25, 0.3) is 0 Å². The number of aliphatic hydroxyl groups excluding tert-OH is 1. The second-order valence-corrected chi connectivity index (χ2v) is 6.02. The van der Waals surface area contributed by atoms with Crippen LogP contribution in [-0.2, 0) is 0 Å². The highest BCUT2D eigenvalue weighted by molar-refractivity contribution is 5.94. The Kier molecular flexibility index (Phi) is 4.40. The van der Waals surface area contributed by atoms with Crippen LogP contribution in [0.4, 0.5) is 8.78 Å². The van der Waals surface area contributed by atoms with Gasteiger partial charge in [-0.25, -0.2) is 8.78 Å². The standard InChI is InChI=1S/C16H20F2N2O2/c17-11-4-5-12(13(18)10-11)16(22)20-8-6-19(7-9-20)14-2-1-3-15(14)21/h4-5,10,14-15,21H,1-3,6-9H2/t14-,15+/m1/s1. The summed E-state index contributed by atoms with van der Waals surface area (Å²) in [6.45, 7) is 2.35. The predicted octanol–water partition coefficient (Wildman–Crippen LogP) is 1.64. The molecule has 4 nitrogen and oxygen atoms in total. The lowest BCUT2D eigenvalue weighted by Crippen LogP contribution is -2.53. The maximum atomic E-state index is 13.7. The molecule has 0 bridgehead atoms. The van der Waals surface area contributed by atoms with E-state index in [1.165, 1.54) is 6.07 Å². The molecule has 22 heavy (non-hydrogen) atoms. The molecular formula is C16H20F2N2O2. The number of benzene rings is 1. The van der Waals surface area contributed by atoms with Gasteiger partial charge < -0.3 is 10.0 Å². The molecule has 1 amide bonds. The summed E-state index contributed by atoms with van der Waals surface area (Å²) in [5.74, 6) is -1.91. The van der Waals surface area contributed by atoms with Crippen molar-refractivity contribution in [1.29, 1.82) is 0 Å². The van der Waals surface area contributed by atoms with Gasteiger partial charge in [0.2, 0.25) is 0 Å². The second-order valence-electron chi connectivity index (χ2n) is 6.02. The third-order valence-corrected chi connectivity index (χ3v) is 4.68. The van der Waals surface area contributed by atoms with Crippen molar-refractivity contribution in [1.82, 2.24) is 9.80 Å². The van der Waals surface area contributed by atoms with Gasteiger partial charge in [-0.2, -0.15) is 0 Å². The highest BCUT2D eigenvalue weighted by Crippen LogP contribution is 2.25. The van der Waals surface area contributed by atoms with Crippen molar-refractivity contribution >= 4 is 5.91 Å². The van der Waals surface area contributed by atoms with Crippen LogP contribution in [-0.4, -0.2) is 59.1 Å². The largest absolute Gasteiger partial charge is 0.391 e. The van der Waals surface area contributed by atoms with Gasteiger partial charge in [0.1, 0.15) is 11.6 Å². The molecule has 1 N–H and O–H groups in total. The Morgan fingerprint density at radius 2 is 1.86 bits per heavy atom. The predicted molar refractivity (Wildman–Crippen MR) is 77.5 cm³/mol. The Hall–Kier alpha value is -1.53. The van der Waals surface area contributed by atoms with Crippen LogP contribution in [0.1, 0.15) is 29.6 Å². The molecule has 1 aliphatic carbocycles. The molecule has 0 aromatic heterocycles. The molecule has 2 fully saturated rings. The van der Waals surface area contributed by atoms with E-state index < -0.39 is 17.5 Å². The van der Waals surface area contributed by atoms with Gasteiger partial charge in [-0.15, -0.1) is 0 Å². The fourth-order valence-corrected chi connectivity index (χ4v) is 3.44. The summed E-state index contributed by atoms with van der Waals surface area (Å²) in [6, 6.07) is 3.21. The number of hydrogen-bond acceptors (Lipinski definition) is 3. The van der Waals surface area contributed by atoms with Crippen LogP contribution in [0.3, 0.4) is 0 Å². The average Bonchev–Trinajstić information content (AvgIpc) is 2.93. The van der Waals surface area contributed by atoms with Crippen molar-refractivity contribution in [3.05, 3.63) is 35.4 Å². The van der Waals surface area contributed by atoms with Crippen molar-refractivity contribution in [2.24, 2.45) is 0 Å². The van der Waals surface area contributed by atoms with Gasteiger partial charge >= 0.3 is 0 Å². The quantitative estimate of drug-likeness (QED) is 0.903. The first-order valence-corrected chi connectivity index (χ1v) is 7.72. The minimum atomic E-state index is -0.821. The van der Waals surface area contributed by atoms with Gasteiger partial charge in [0, 0.05) is 38.3 Å². The first kappa shape index (κ1) is 15.4. The molecule has 0 spiro atoms. The number of carbonyl (C=O) groups is 1. The molecule has 0 unspecified atom stereocenters. The van der Waals surface area contributed by atoms with Gasteiger partial charge in [0.25, 0.3) is 5.91 Å². The molecule has 2 aliphatic rings. The highest BCUT2D eigenvalue weighted by atomic mass is 19.1. The maximum absolute atomic E-state index is 13.7. The molecule has 1 aromatic carbocycles. The van der Waals surface area contributed by atoms with Crippen molar-refractivity contribution in [3.8, 4) is 0 Å². The minimum Gasteiger partial charge on any atom is -0.391 e. The average molecular weight is 310 g/mol. The highest BCUT2D eigenvalue weighted by Gasteiger charge is 2.33. The smallest absolute Gasteiger partial charge is 0.256 e. The Balaban J connectivity index is 1.62. The van der Waals surface area contributed by atoms with E-state index in [9.17, 15) is 18.7 Å². The van der Waals surface area contributed by atoms with E-state index in [2.05, 4.69) is 4.90 Å². The summed E-state index contributed by atoms with van der Waals surface area (Å²) in [6.07, 6.45) is 2.58. The van der Waals surface area contributed by atoms with Gasteiger partial charge in [0.15, 0.2) is 0 Å². The van der Waals surface area contributed by atoms with Crippen LogP contribution >= 0.6 is 0 Å². The lowest BCUT2D eigenvalue weighted by atomic mass is 10.1. The summed E-state index contributed by atoms with van der Waals surface area (Å²) < 4.78 is 26.6. The van der Waals surface area contributed by atoms with Gasteiger partial charge in [0.05, 0.1) is 11.7 Å². The summed E-state index contributed by atoms with van der Waals surface area (Å²) in [5.41, 5.74) is -0.0873. The maximum Gasteiger partial charge on any atom is 0.256 e. The summed E-state index contributed by atoms with van der Waals surface area (Å²) >= 11 is 0. The van der Waals surface area contributed by atoms with E-state index in [1.807, 2.05) is 0 Å². The fraction of sp³-hybridized carbons (Fsp3) is 0.562. The minimum absolute atomic E-state index is 0.0873. The first-order chi connectivity index (χ1) is 10.6. The number of piperazine rings is 1. The molecule has 1 heterocycles. The zero-order chi connectivity index (χ0) is 15.7. The van der Waals surface area contributed by atoms with Crippen LogP contribution < -0.4 is 0 Å². The fourth-order valence-electron chi connectivity index (χ4n) is 3.44. The van der Waals surface area contributed by atoms with Gasteiger partial charge in [-0.05, 0) is 31.4 Å². The molecule has 120 valence electrons. The Morgan fingerprint density at radius 3 is 2.45 bits per heavy atom. The molecule has 1 saturated heterocycles. The summed E-state index contributed by atoms with van der Waals surface area (Å²) in [4.78, 5) is 16.1. The molecule has 1 aliphatic heterocycles. The lowest BCUT2D eigenvalue weighted by molar-refractivity contribution is 0.0313. The van der Waals surface area contributed by atoms with Crippen LogP contribution in [0.2, 0.25) is 0 Å². The zero-order valence-corrected chi connectivity index (χ0v) is 12.3. The third-order valence-electron chi connectivity index (χ3n) is 4.68. The third kappa shape index (κ3) is 2.98. The monoisotopic (exact) mass is 310 g/mol. The molecule has 1 saturated carbocycles. The van der Waals surface area contributed by atoms with Gasteiger partial charge in [-0.1, -0.05) is 0 Å². The summed E-state index contributed by atoms with van der Waals surface area (Å²) in [5, 5.41) is 9.95. The molecule has 0 radical (unpaired) electrons. The number of nitrogens with zero attached hydrogens (tertiary/aromatic N) is 2. The number of aliphatic hydroxyl groups is 1. The first-order valence-electron chi connectivity index (χ1n) is 7.72. The number of carbonyl (C=O) groups excluding carboxylic acids is 1. The second kappa shape index (κ2) is 6.30. The number of hydrogen-bond donors (Lipinski definition) is 1. The Morgan fingerprint density at radius 1 is 1.14 bits per heavy atom. The topological polar surface area (TPSA) is 43.8 Å². The van der Waals surface area contributed by atoms with E-state index in [-0.39, 0.29) is 17.7 Å². The van der Waals surface area contributed by atoms with Crippen molar-refractivity contribution in [3.63, 3.8) is 0 Å². The lowest BCUT2D eigenvalue weighted by Gasteiger charge is -2.39. The number of amides is 1. The van der Waals surface area contributed by atoms with Crippen LogP contribution in [0, 0.1) is 11.6 Å². The SMILES string of the molecule is O=C(c1ccc(F)cc1F)N1CCN([C@@H]2CCC[C@@H]2O)CC1. The van der Waals surface area contributed by atoms with E-state index >= 15 is 0 Å². The van der Waals surface area contributed by atoms with E-state index in [1.54, 1.807) is 4.90 Å². The summed E-state index contributed by atoms with van der Waals surface area (Å²) in [7, 11) is 0. The van der Waals surface area contributed by atoms with Gasteiger partial charge in [-0.3, -0.25) is 9.69 Å². The molecule has 3 rings (SSSR count). The molecule has 1 aromatic rings. The van der Waals surface area contributed by atoms with E-state index in [4.69, 9.17) is 0 Å². The van der Waals surface area contributed by atoms with Crippen LogP contribution in [0.5, 0.6) is 0 Å². The van der Waals surface area contributed by atoms with E-state index in [0.29, 0.717) is 26.2 Å². The van der Waals surface area contributed by atoms with Crippen molar-refractivity contribution in [2.75, 3.05) is 26.2 Å². The van der Waals surface area contributed by atoms with Crippen molar-refractivity contribution < 1.29 is 18.7 Å². The molecule has 2 atom stereocenters. The molecular weight excluding hydrogens is 290 g/mol. The Bertz CT molecular complexity index is 559. The van der Waals surface area contributed by atoms with E-state index in [0.717, 1.165) is 31.4 Å². The number of halogens is 2. The van der Waals surface area contributed by atoms with Crippen LogP contribution in [0.15, 0.2) is 18.2 Å². The normalized spacial score (nSPS) is 26.4. The van der Waals surface area contributed by atoms with Crippen molar-refractivity contribution in [2.45, 2.75) is 31.4 Å².